The summed E-state index contributed by atoms with van der Waals surface area (Å²) in [6.07, 6.45) is 6.88. The van der Waals surface area contributed by atoms with Crippen LogP contribution in [0.5, 0.6) is 5.75 Å². The van der Waals surface area contributed by atoms with Gasteiger partial charge in [0.25, 0.3) is 0 Å². The van der Waals surface area contributed by atoms with Crippen molar-refractivity contribution >= 4 is 16.6 Å². The molecule has 8 heteroatoms. The smallest absolute Gasteiger partial charge is 0.205 e. The number of hydrogen-bond acceptors (Lipinski definition) is 6. The van der Waals surface area contributed by atoms with Gasteiger partial charge in [-0.15, -0.1) is 0 Å². The molecule has 3 heterocycles. The minimum Gasteiger partial charge on any atom is -0.492 e. The Kier molecular flexibility index (Phi) is 4.76. The lowest BCUT2D eigenvalue weighted by Crippen LogP contribution is -2.18. The molecule has 0 fully saturated rings. The number of nitrogens with one attached hydrogen (secondary N) is 1. The first-order chi connectivity index (χ1) is 13.6. The molecule has 0 atom stereocenters. The second-order valence-corrected chi connectivity index (χ2v) is 6.31. The molecule has 8 nitrogen and oxygen atoms in total. The molecule has 0 amide bonds. The first kappa shape index (κ1) is 17.7. The summed E-state index contributed by atoms with van der Waals surface area (Å²) < 4.78 is 8.84. The molecular weight excluding hydrogens is 356 g/mol. The van der Waals surface area contributed by atoms with Crippen molar-refractivity contribution in [1.82, 2.24) is 24.5 Å². The highest BCUT2D eigenvalue weighted by atomic mass is 16.5. The minimum absolute atomic E-state index is 0.117. The molecule has 1 N–H and O–H groups in total. The van der Waals surface area contributed by atoms with Crippen molar-refractivity contribution in [2.75, 3.05) is 11.9 Å². The molecular formula is C20H20N6O2. The number of nitrogens with zero attached hydrogens (tertiary/aromatic N) is 5. The lowest BCUT2D eigenvalue weighted by Gasteiger charge is -2.09. The van der Waals surface area contributed by atoms with Crippen molar-refractivity contribution in [2.45, 2.75) is 13.5 Å². The van der Waals surface area contributed by atoms with Gasteiger partial charge in [0.1, 0.15) is 17.1 Å². The van der Waals surface area contributed by atoms with Gasteiger partial charge in [0.15, 0.2) is 0 Å². The van der Waals surface area contributed by atoms with Crippen molar-refractivity contribution in [3.05, 3.63) is 71.0 Å². The van der Waals surface area contributed by atoms with Crippen LogP contribution in [-0.2, 0) is 13.6 Å². The van der Waals surface area contributed by atoms with E-state index in [1.807, 2.05) is 44.4 Å². The molecule has 0 unspecified atom stereocenters. The van der Waals surface area contributed by atoms with Crippen LogP contribution in [0.3, 0.4) is 0 Å². The number of rotatable bonds is 6. The second kappa shape index (κ2) is 7.51. The molecule has 0 spiro atoms. The number of aryl methyl sites for hydroxylation is 1. The normalized spacial score (nSPS) is 10.9. The summed E-state index contributed by atoms with van der Waals surface area (Å²) in [5, 5.41) is 12.8. The van der Waals surface area contributed by atoms with Crippen LogP contribution in [-0.4, -0.2) is 31.2 Å². The third kappa shape index (κ3) is 3.71. The largest absolute Gasteiger partial charge is 0.492 e. The number of hydrogen-bond donors (Lipinski definition) is 1. The van der Waals surface area contributed by atoms with Gasteiger partial charge in [-0.1, -0.05) is 0 Å². The van der Waals surface area contributed by atoms with Crippen molar-refractivity contribution in [1.29, 1.82) is 0 Å². The van der Waals surface area contributed by atoms with Crippen molar-refractivity contribution in [3.63, 3.8) is 0 Å². The van der Waals surface area contributed by atoms with Gasteiger partial charge in [-0.2, -0.15) is 10.2 Å². The lowest BCUT2D eigenvalue weighted by atomic mass is 10.2. The fraction of sp³-hybridized carbons (Fsp3) is 0.200. The Morgan fingerprint density at radius 1 is 1.18 bits per heavy atom. The van der Waals surface area contributed by atoms with E-state index in [4.69, 9.17) is 4.74 Å². The molecule has 4 aromatic rings. The maximum absolute atomic E-state index is 12.2. The molecule has 1 aromatic carbocycles. The average Bonchev–Trinajstić information content (AvgIpc) is 3.13. The summed E-state index contributed by atoms with van der Waals surface area (Å²) >= 11 is 0. The SMILES string of the molecule is CCOc1cnc2ccc(NCc3nn(-c4cnn(C)c4)ccc3=O)cc2c1. The maximum atomic E-state index is 12.2. The Morgan fingerprint density at radius 3 is 2.86 bits per heavy atom. The first-order valence-electron chi connectivity index (χ1n) is 8.97. The second-order valence-electron chi connectivity index (χ2n) is 6.31. The van der Waals surface area contributed by atoms with Gasteiger partial charge in [0, 0.05) is 30.4 Å². The number of aromatic nitrogens is 5. The van der Waals surface area contributed by atoms with Gasteiger partial charge in [0.05, 0.1) is 37.3 Å². The fourth-order valence-corrected chi connectivity index (χ4v) is 2.89. The maximum Gasteiger partial charge on any atom is 0.205 e. The Balaban J connectivity index is 1.56. The van der Waals surface area contributed by atoms with E-state index in [-0.39, 0.29) is 5.43 Å². The van der Waals surface area contributed by atoms with Gasteiger partial charge in [0.2, 0.25) is 5.43 Å². The predicted octanol–water partition coefficient (Wildman–Crippen LogP) is 2.53. The Bertz CT molecular complexity index is 1180. The van der Waals surface area contributed by atoms with E-state index in [2.05, 4.69) is 20.5 Å². The number of anilines is 1. The van der Waals surface area contributed by atoms with E-state index in [1.54, 1.807) is 28.0 Å². The van der Waals surface area contributed by atoms with E-state index in [1.165, 1.54) is 6.07 Å². The summed E-state index contributed by atoms with van der Waals surface area (Å²) in [5.41, 5.74) is 2.86. The Labute approximate surface area is 161 Å². The standard InChI is InChI=1S/C20H20N6O2/c1-3-28-17-9-14-8-15(4-5-18(14)22-11-17)21-12-19-20(27)6-7-26(24-19)16-10-23-25(2)13-16/h4-11,13,21H,3,12H2,1-2H3. The third-order valence-corrected chi connectivity index (χ3v) is 4.26. The molecule has 0 aliphatic rings. The van der Waals surface area contributed by atoms with Crippen LogP contribution in [0.25, 0.3) is 16.6 Å². The first-order valence-corrected chi connectivity index (χ1v) is 8.97. The van der Waals surface area contributed by atoms with Crippen LogP contribution in [0.1, 0.15) is 12.6 Å². The summed E-state index contributed by atoms with van der Waals surface area (Å²) in [5.74, 6) is 0.733. The lowest BCUT2D eigenvalue weighted by molar-refractivity contribution is 0.339. The van der Waals surface area contributed by atoms with Crippen LogP contribution < -0.4 is 15.5 Å². The van der Waals surface area contributed by atoms with Crippen LogP contribution >= 0.6 is 0 Å². The molecule has 4 rings (SSSR count). The highest BCUT2D eigenvalue weighted by Gasteiger charge is 2.06. The molecule has 0 saturated heterocycles. The molecule has 0 radical (unpaired) electrons. The molecule has 3 aromatic heterocycles. The van der Waals surface area contributed by atoms with Crippen molar-refractivity contribution in [3.8, 4) is 11.4 Å². The van der Waals surface area contributed by atoms with E-state index in [0.717, 1.165) is 28.0 Å². The number of benzene rings is 1. The molecule has 0 bridgehead atoms. The van der Waals surface area contributed by atoms with Crippen molar-refractivity contribution < 1.29 is 4.74 Å². The van der Waals surface area contributed by atoms with E-state index in [9.17, 15) is 4.79 Å². The van der Waals surface area contributed by atoms with Crippen LogP contribution in [0.2, 0.25) is 0 Å². The topological polar surface area (TPSA) is 86.9 Å². The number of pyridine rings is 1. The fourth-order valence-electron chi connectivity index (χ4n) is 2.89. The summed E-state index contributed by atoms with van der Waals surface area (Å²) in [6.45, 7) is 2.84. The van der Waals surface area contributed by atoms with E-state index < -0.39 is 0 Å². The van der Waals surface area contributed by atoms with E-state index >= 15 is 0 Å². The third-order valence-electron chi connectivity index (χ3n) is 4.26. The number of ether oxygens (including phenoxy) is 1. The molecule has 142 valence electrons. The zero-order chi connectivity index (χ0) is 19.5. The zero-order valence-electron chi connectivity index (χ0n) is 15.7. The van der Waals surface area contributed by atoms with Crippen molar-refractivity contribution in [2.24, 2.45) is 7.05 Å². The van der Waals surface area contributed by atoms with E-state index in [0.29, 0.717) is 18.8 Å². The summed E-state index contributed by atoms with van der Waals surface area (Å²) in [7, 11) is 1.83. The van der Waals surface area contributed by atoms with Gasteiger partial charge < -0.3 is 10.1 Å². The number of fused-ring (bicyclic) bond motifs is 1. The van der Waals surface area contributed by atoms with Gasteiger partial charge >= 0.3 is 0 Å². The Hall–Kier alpha value is -3.68. The van der Waals surface area contributed by atoms with Crippen LogP contribution in [0, 0.1) is 0 Å². The minimum atomic E-state index is -0.117. The highest BCUT2D eigenvalue weighted by molar-refractivity contribution is 5.83. The highest BCUT2D eigenvalue weighted by Crippen LogP contribution is 2.22. The molecule has 0 aliphatic carbocycles. The monoisotopic (exact) mass is 376 g/mol. The molecule has 0 aliphatic heterocycles. The van der Waals surface area contributed by atoms with Gasteiger partial charge in [-0.3, -0.25) is 14.5 Å². The van der Waals surface area contributed by atoms with Crippen LogP contribution in [0.4, 0.5) is 5.69 Å². The molecule has 28 heavy (non-hydrogen) atoms. The van der Waals surface area contributed by atoms with Crippen LogP contribution in [0.15, 0.2) is 59.9 Å². The molecule has 0 saturated carbocycles. The zero-order valence-corrected chi connectivity index (χ0v) is 15.7. The summed E-state index contributed by atoms with van der Waals surface area (Å²) in [4.78, 5) is 16.6. The van der Waals surface area contributed by atoms with Gasteiger partial charge in [-0.05, 0) is 31.2 Å². The summed E-state index contributed by atoms with van der Waals surface area (Å²) in [6, 6.07) is 9.30. The predicted molar refractivity (Wildman–Crippen MR) is 107 cm³/mol. The van der Waals surface area contributed by atoms with Gasteiger partial charge in [-0.25, -0.2) is 4.68 Å². The quantitative estimate of drug-likeness (QED) is 0.556. The average molecular weight is 376 g/mol. The Morgan fingerprint density at radius 2 is 2.07 bits per heavy atom.